The monoisotopic (exact) mass is 570 g/mol. The maximum atomic E-state index is 13.7. The Hall–Kier alpha value is -5.52. The molecule has 3 aromatic heterocycles. The van der Waals surface area contributed by atoms with Crippen molar-refractivity contribution in [2.75, 3.05) is 0 Å². The third kappa shape index (κ3) is 3.49. The van der Waals surface area contributed by atoms with E-state index in [1.807, 2.05) is 59.1 Å². The van der Waals surface area contributed by atoms with Crippen molar-refractivity contribution in [1.82, 2.24) is 9.03 Å². The minimum absolute atomic E-state index is 0.267. The van der Waals surface area contributed by atoms with Crippen LogP contribution in [0.15, 0.2) is 143 Å². The molecule has 5 heteroatoms. The highest BCUT2D eigenvalue weighted by molar-refractivity contribution is 7.25. The molecule has 0 bridgehead atoms. The lowest BCUT2D eigenvalue weighted by Crippen LogP contribution is -2.21. The number of rotatable bonds is 3. The highest BCUT2D eigenvalue weighted by Gasteiger charge is 2.22. The molecular formula is C38H22N2O2S. The number of aromatic nitrogens is 2. The Balaban J connectivity index is 1.23. The fourth-order valence-corrected chi connectivity index (χ4v) is 7.62. The van der Waals surface area contributed by atoms with E-state index < -0.39 is 0 Å². The summed E-state index contributed by atoms with van der Waals surface area (Å²) in [6, 6.07) is 45.6. The SMILES string of the molecule is O=c1c2cc(-c3cccc4ccccc34)ccc2n2c3c(sc4cc(-c5cccc(-c6ccccc6)c5)ccc43)c(=O)n12. The summed E-state index contributed by atoms with van der Waals surface area (Å²) < 4.78 is 4.74. The quantitative estimate of drug-likeness (QED) is 0.213. The Morgan fingerprint density at radius 1 is 0.465 bits per heavy atom. The summed E-state index contributed by atoms with van der Waals surface area (Å²) in [5.41, 5.74) is 7.54. The van der Waals surface area contributed by atoms with Gasteiger partial charge in [-0.05, 0) is 68.4 Å². The summed E-state index contributed by atoms with van der Waals surface area (Å²) in [5.74, 6) is 0. The molecule has 9 aromatic rings. The van der Waals surface area contributed by atoms with E-state index >= 15 is 0 Å². The van der Waals surface area contributed by atoms with E-state index in [0.29, 0.717) is 10.1 Å². The zero-order valence-electron chi connectivity index (χ0n) is 22.8. The van der Waals surface area contributed by atoms with Gasteiger partial charge in [0, 0.05) is 10.1 Å². The molecule has 0 saturated heterocycles. The number of thiophene rings is 1. The summed E-state index contributed by atoms with van der Waals surface area (Å²) in [5, 5.41) is 3.78. The van der Waals surface area contributed by atoms with Crippen molar-refractivity contribution < 1.29 is 0 Å². The van der Waals surface area contributed by atoms with Gasteiger partial charge >= 0.3 is 0 Å². The van der Waals surface area contributed by atoms with Crippen LogP contribution in [0.2, 0.25) is 0 Å². The summed E-state index contributed by atoms with van der Waals surface area (Å²) >= 11 is 1.45. The smallest absolute Gasteiger partial charge is 0.267 e. The number of fused-ring (bicyclic) bond motifs is 8. The molecule has 0 saturated carbocycles. The van der Waals surface area contributed by atoms with Crippen LogP contribution in [0, 0.1) is 0 Å². The molecule has 202 valence electrons. The lowest BCUT2D eigenvalue weighted by molar-refractivity contribution is 0.843. The fourth-order valence-electron chi connectivity index (χ4n) is 6.48. The maximum absolute atomic E-state index is 13.7. The van der Waals surface area contributed by atoms with Crippen LogP contribution in [-0.4, -0.2) is 9.03 Å². The van der Waals surface area contributed by atoms with E-state index in [2.05, 4.69) is 78.9 Å². The highest BCUT2D eigenvalue weighted by atomic mass is 32.1. The molecule has 0 aliphatic heterocycles. The summed E-state index contributed by atoms with van der Waals surface area (Å²) in [6.07, 6.45) is 0. The largest absolute Gasteiger partial charge is 0.292 e. The number of hydrogen-bond donors (Lipinski definition) is 0. The minimum atomic E-state index is -0.284. The van der Waals surface area contributed by atoms with Gasteiger partial charge in [0.1, 0.15) is 4.70 Å². The van der Waals surface area contributed by atoms with Gasteiger partial charge in [0.05, 0.1) is 16.4 Å². The molecule has 0 atom stereocenters. The van der Waals surface area contributed by atoms with Crippen molar-refractivity contribution in [2.24, 2.45) is 0 Å². The van der Waals surface area contributed by atoms with Crippen molar-refractivity contribution in [3.05, 3.63) is 154 Å². The predicted octanol–water partition coefficient (Wildman–Crippen LogP) is 8.87. The Labute approximate surface area is 249 Å². The fraction of sp³-hybridized carbons (Fsp3) is 0. The maximum Gasteiger partial charge on any atom is 0.292 e. The van der Waals surface area contributed by atoms with E-state index in [1.165, 1.54) is 21.4 Å². The summed E-state index contributed by atoms with van der Waals surface area (Å²) in [6.45, 7) is 0. The zero-order chi connectivity index (χ0) is 28.7. The number of benzene rings is 6. The van der Waals surface area contributed by atoms with E-state index in [1.54, 1.807) is 0 Å². The van der Waals surface area contributed by atoms with Gasteiger partial charge in [0.15, 0.2) is 0 Å². The van der Waals surface area contributed by atoms with Gasteiger partial charge in [-0.1, -0.05) is 109 Å². The van der Waals surface area contributed by atoms with Gasteiger partial charge in [-0.25, -0.2) is 4.52 Å². The Morgan fingerprint density at radius 2 is 1.16 bits per heavy atom. The second-order valence-corrected chi connectivity index (χ2v) is 12.0. The standard InChI is InChI=1S/C38H22N2O2S/c41-37-32-21-28(30-15-7-11-24-10-4-5-14-29(24)30)17-19-33(32)39-35-31-18-16-27(22-34(31)43-36(35)38(42)40(37)39)26-13-6-12-25(20-26)23-8-2-1-3-9-23/h1-22H. The van der Waals surface area contributed by atoms with Gasteiger partial charge in [-0.2, -0.15) is 4.52 Å². The van der Waals surface area contributed by atoms with Crippen molar-refractivity contribution in [3.63, 3.8) is 0 Å². The Kier molecular flexibility index (Phi) is 5.04. The van der Waals surface area contributed by atoms with Crippen LogP contribution in [0.25, 0.3) is 75.4 Å². The molecule has 3 heterocycles. The van der Waals surface area contributed by atoms with Crippen LogP contribution in [0.5, 0.6) is 0 Å². The van der Waals surface area contributed by atoms with Gasteiger partial charge in [-0.15, -0.1) is 11.3 Å². The van der Waals surface area contributed by atoms with E-state index in [4.69, 9.17) is 0 Å². The van der Waals surface area contributed by atoms with Crippen molar-refractivity contribution in [1.29, 1.82) is 0 Å². The predicted molar refractivity (Wildman–Crippen MR) is 179 cm³/mol. The van der Waals surface area contributed by atoms with Gasteiger partial charge in [0.25, 0.3) is 11.1 Å². The second kappa shape index (κ2) is 8.99. The Morgan fingerprint density at radius 3 is 2.05 bits per heavy atom. The van der Waals surface area contributed by atoms with Crippen LogP contribution in [0.1, 0.15) is 0 Å². The average Bonchev–Trinajstić information content (AvgIpc) is 3.68. The first-order chi connectivity index (χ1) is 21.2. The number of hydrogen-bond acceptors (Lipinski definition) is 3. The van der Waals surface area contributed by atoms with Gasteiger partial charge in [-0.3, -0.25) is 9.59 Å². The Bertz CT molecular complexity index is 2660. The first-order valence-electron chi connectivity index (χ1n) is 14.2. The summed E-state index contributed by atoms with van der Waals surface area (Å²) in [4.78, 5) is 27.4. The molecule has 43 heavy (non-hydrogen) atoms. The van der Waals surface area contributed by atoms with Crippen molar-refractivity contribution in [3.8, 4) is 33.4 Å². The van der Waals surface area contributed by atoms with Crippen LogP contribution in [-0.2, 0) is 0 Å². The van der Waals surface area contributed by atoms with Gasteiger partial charge in [0.2, 0.25) is 0 Å². The normalized spacial score (nSPS) is 11.9. The molecule has 0 unspecified atom stereocenters. The third-order valence-corrected chi connectivity index (χ3v) is 9.64. The molecule has 6 aromatic carbocycles. The topological polar surface area (TPSA) is 43.0 Å². The lowest BCUT2D eigenvalue weighted by Gasteiger charge is -2.07. The molecule has 0 aliphatic carbocycles. The molecule has 0 radical (unpaired) electrons. The summed E-state index contributed by atoms with van der Waals surface area (Å²) in [7, 11) is 0. The molecular weight excluding hydrogens is 548 g/mol. The van der Waals surface area contributed by atoms with Crippen LogP contribution < -0.4 is 11.1 Å². The molecule has 9 rings (SSSR count). The van der Waals surface area contributed by atoms with Crippen LogP contribution >= 0.6 is 11.3 Å². The average molecular weight is 571 g/mol. The molecule has 0 aliphatic rings. The van der Waals surface area contributed by atoms with E-state index in [-0.39, 0.29) is 11.1 Å². The molecule has 0 fully saturated rings. The molecule has 0 spiro atoms. The van der Waals surface area contributed by atoms with E-state index in [9.17, 15) is 9.59 Å². The highest BCUT2D eigenvalue weighted by Crippen LogP contribution is 2.37. The molecule has 0 N–H and O–H groups in total. The minimum Gasteiger partial charge on any atom is -0.267 e. The third-order valence-electron chi connectivity index (χ3n) is 8.51. The first-order valence-corrected chi connectivity index (χ1v) is 15.0. The number of nitrogens with zero attached hydrogens (tertiary/aromatic N) is 2. The lowest BCUT2D eigenvalue weighted by atomic mass is 9.97. The van der Waals surface area contributed by atoms with Crippen LogP contribution in [0.3, 0.4) is 0 Å². The van der Waals surface area contributed by atoms with E-state index in [0.717, 1.165) is 59.7 Å². The second-order valence-electron chi connectivity index (χ2n) is 10.9. The zero-order valence-corrected chi connectivity index (χ0v) is 23.6. The first kappa shape index (κ1) is 24.1. The molecule has 4 nitrogen and oxygen atoms in total. The van der Waals surface area contributed by atoms with Gasteiger partial charge < -0.3 is 0 Å². The van der Waals surface area contributed by atoms with Crippen molar-refractivity contribution in [2.45, 2.75) is 0 Å². The van der Waals surface area contributed by atoms with Crippen LogP contribution in [0.4, 0.5) is 0 Å². The van der Waals surface area contributed by atoms with Crippen molar-refractivity contribution >= 4 is 53.3 Å². The molecule has 0 amide bonds.